The molecule has 9 heteroatoms. The molecule has 0 unspecified atom stereocenters. The van der Waals surface area contributed by atoms with Crippen LogP contribution in [-0.4, -0.2) is 45.8 Å². The lowest BCUT2D eigenvalue weighted by Crippen LogP contribution is -2.62. The minimum atomic E-state index is -0.627. The van der Waals surface area contributed by atoms with E-state index in [1.807, 2.05) is 19.9 Å². The van der Waals surface area contributed by atoms with Gasteiger partial charge < -0.3 is 10.1 Å². The molecule has 5 rings (SSSR count). The average molecular weight is 433 g/mol. The van der Waals surface area contributed by atoms with Crippen LogP contribution in [0.25, 0.3) is 0 Å². The van der Waals surface area contributed by atoms with Gasteiger partial charge in [-0.1, -0.05) is 11.8 Å². The molecule has 4 saturated carbocycles. The van der Waals surface area contributed by atoms with Gasteiger partial charge in [0.1, 0.15) is 0 Å². The molecular weight excluding hydrogens is 404 g/mol. The van der Waals surface area contributed by atoms with Crippen molar-refractivity contribution in [3.63, 3.8) is 0 Å². The van der Waals surface area contributed by atoms with Gasteiger partial charge >= 0.3 is 12.0 Å². The lowest BCUT2D eigenvalue weighted by atomic mass is 9.53. The lowest BCUT2D eigenvalue weighted by Gasteiger charge is -2.56. The highest BCUT2D eigenvalue weighted by Crippen LogP contribution is 2.55. The van der Waals surface area contributed by atoms with Gasteiger partial charge in [-0.2, -0.15) is 0 Å². The summed E-state index contributed by atoms with van der Waals surface area (Å²) in [4.78, 5) is 44.8. The van der Waals surface area contributed by atoms with Crippen LogP contribution < -0.4 is 10.6 Å². The maximum absolute atomic E-state index is 12.4. The van der Waals surface area contributed by atoms with Gasteiger partial charge in [0, 0.05) is 16.9 Å². The summed E-state index contributed by atoms with van der Waals surface area (Å²) in [6.07, 6.45) is 6.86. The van der Waals surface area contributed by atoms with Gasteiger partial charge in [-0.3, -0.25) is 14.9 Å². The Labute approximate surface area is 180 Å². The summed E-state index contributed by atoms with van der Waals surface area (Å²) >= 11 is 1.15. The Bertz CT molecular complexity index is 804. The standard InChI is InChI=1S/C21H28N4O4S/c1-12-3-13(2)23-20(22-12)30-11-18(27)29-10-17(26)24-19(28)25-21-7-14-4-15(8-21)6-16(5-14)9-21/h3,14-16H,4-11H2,1-2H3,(H2,24,25,26,28). The summed E-state index contributed by atoms with van der Waals surface area (Å²) in [7, 11) is 0. The van der Waals surface area contributed by atoms with Crippen molar-refractivity contribution < 1.29 is 19.1 Å². The number of hydrogen-bond acceptors (Lipinski definition) is 7. The van der Waals surface area contributed by atoms with Gasteiger partial charge in [0.2, 0.25) is 0 Å². The van der Waals surface area contributed by atoms with Crippen molar-refractivity contribution in [3.8, 4) is 0 Å². The monoisotopic (exact) mass is 432 g/mol. The number of urea groups is 1. The maximum atomic E-state index is 12.4. The van der Waals surface area contributed by atoms with Crippen molar-refractivity contribution in [1.29, 1.82) is 0 Å². The second-order valence-electron chi connectivity index (χ2n) is 9.08. The molecule has 0 aliphatic heterocycles. The summed E-state index contributed by atoms with van der Waals surface area (Å²) < 4.78 is 4.97. The van der Waals surface area contributed by atoms with Crippen LogP contribution in [0.1, 0.15) is 49.9 Å². The van der Waals surface area contributed by atoms with Gasteiger partial charge in [0.15, 0.2) is 11.8 Å². The maximum Gasteiger partial charge on any atom is 0.321 e. The van der Waals surface area contributed by atoms with E-state index in [1.165, 1.54) is 19.3 Å². The van der Waals surface area contributed by atoms with E-state index in [4.69, 9.17) is 4.74 Å². The van der Waals surface area contributed by atoms with E-state index < -0.39 is 24.5 Å². The molecule has 0 atom stereocenters. The predicted molar refractivity (Wildman–Crippen MR) is 111 cm³/mol. The Morgan fingerprint density at radius 1 is 1.07 bits per heavy atom. The molecule has 4 bridgehead atoms. The summed E-state index contributed by atoms with van der Waals surface area (Å²) in [5, 5.41) is 5.86. The van der Waals surface area contributed by atoms with Crippen LogP contribution in [0.4, 0.5) is 4.79 Å². The number of hydrogen-bond donors (Lipinski definition) is 2. The summed E-state index contributed by atoms with van der Waals surface area (Å²) in [5.41, 5.74) is 1.48. The molecule has 162 valence electrons. The lowest BCUT2D eigenvalue weighted by molar-refractivity contribution is -0.145. The number of aryl methyl sites for hydroxylation is 2. The third-order valence-electron chi connectivity index (χ3n) is 6.32. The third kappa shape index (κ3) is 5.11. The van der Waals surface area contributed by atoms with Gasteiger partial charge in [-0.25, -0.2) is 14.8 Å². The SMILES string of the molecule is Cc1cc(C)nc(SCC(=O)OCC(=O)NC(=O)NC23CC4CC(CC(C4)C2)C3)n1. The van der Waals surface area contributed by atoms with Gasteiger partial charge in [-0.15, -0.1) is 0 Å². The highest BCUT2D eigenvalue weighted by molar-refractivity contribution is 7.99. The molecule has 0 saturated heterocycles. The highest BCUT2D eigenvalue weighted by atomic mass is 32.2. The highest BCUT2D eigenvalue weighted by Gasteiger charge is 2.51. The number of carbonyl (C=O) groups excluding carboxylic acids is 3. The number of thioether (sulfide) groups is 1. The predicted octanol–water partition coefficient (Wildman–Crippen LogP) is 2.52. The smallest absolute Gasteiger partial charge is 0.321 e. The van der Waals surface area contributed by atoms with Crippen molar-refractivity contribution in [3.05, 3.63) is 17.5 Å². The fourth-order valence-electron chi connectivity index (χ4n) is 5.77. The van der Waals surface area contributed by atoms with E-state index in [-0.39, 0.29) is 11.3 Å². The van der Waals surface area contributed by atoms with Crippen molar-refractivity contribution in [1.82, 2.24) is 20.6 Å². The zero-order valence-corrected chi connectivity index (χ0v) is 18.2. The average Bonchev–Trinajstić information content (AvgIpc) is 2.62. The molecule has 0 aromatic carbocycles. The first-order chi connectivity index (χ1) is 14.3. The molecule has 8 nitrogen and oxygen atoms in total. The Hall–Kier alpha value is -2.16. The zero-order valence-electron chi connectivity index (χ0n) is 17.4. The van der Waals surface area contributed by atoms with Crippen molar-refractivity contribution in [2.45, 2.75) is 63.1 Å². The first-order valence-electron chi connectivity index (χ1n) is 10.5. The van der Waals surface area contributed by atoms with Crippen LogP contribution in [0.3, 0.4) is 0 Å². The fourth-order valence-corrected chi connectivity index (χ4v) is 6.52. The minimum Gasteiger partial charge on any atom is -0.455 e. The number of ether oxygens (including phenoxy) is 1. The number of carbonyl (C=O) groups is 3. The van der Waals surface area contributed by atoms with Crippen molar-refractivity contribution in [2.24, 2.45) is 17.8 Å². The van der Waals surface area contributed by atoms with Crippen LogP contribution in [0.5, 0.6) is 0 Å². The van der Waals surface area contributed by atoms with Crippen LogP contribution in [-0.2, 0) is 14.3 Å². The van der Waals surface area contributed by atoms with Crippen molar-refractivity contribution >= 4 is 29.7 Å². The first kappa shape index (κ1) is 21.1. The van der Waals surface area contributed by atoms with Crippen molar-refractivity contribution in [2.75, 3.05) is 12.4 Å². The molecule has 0 spiro atoms. The summed E-state index contributed by atoms with van der Waals surface area (Å²) in [5.74, 6) is 0.915. The number of amides is 3. The van der Waals surface area contributed by atoms with E-state index in [0.29, 0.717) is 22.9 Å². The van der Waals surface area contributed by atoms with Gasteiger partial charge in [0.25, 0.3) is 5.91 Å². The molecule has 4 aliphatic carbocycles. The van der Waals surface area contributed by atoms with E-state index in [9.17, 15) is 14.4 Å². The molecule has 4 fully saturated rings. The fraction of sp³-hybridized carbons (Fsp3) is 0.667. The van der Waals surface area contributed by atoms with E-state index in [0.717, 1.165) is 42.4 Å². The number of imide groups is 1. The molecule has 4 aliphatic rings. The number of nitrogens with zero attached hydrogens (tertiary/aromatic N) is 2. The molecule has 2 N–H and O–H groups in total. The van der Waals surface area contributed by atoms with E-state index >= 15 is 0 Å². The summed E-state index contributed by atoms with van der Waals surface area (Å²) in [6, 6.07) is 1.36. The van der Waals surface area contributed by atoms with Crippen LogP contribution in [0.15, 0.2) is 11.2 Å². The number of rotatable bonds is 6. The normalized spacial score (nSPS) is 28.8. The summed E-state index contributed by atoms with van der Waals surface area (Å²) in [6.45, 7) is 3.23. The second kappa shape index (κ2) is 8.53. The number of nitrogens with one attached hydrogen (secondary N) is 2. The molecule has 1 heterocycles. The van der Waals surface area contributed by atoms with E-state index in [2.05, 4.69) is 20.6 Å². The Morgan fingerprint density at radius 3 is 2.20 bits per heavy atom. The molecule has 30 heavy (non-hydrogen) atoms. The van der Waals surface area contributed by atoms with Crippen LogP contribution in [0.2, 0.25) is 0 Å². The minimum absolute atomic E-state index is 0.00432. The second-order valence-corrected chi connectivity index (χ2v) is 10.0. The van der Waals surface area contributed by atoms with Crippen LogP contribution in [0, 0.1) is 31.6 Å². The Morgan fingerprint density at radius 2 is 1.63 bits per heavy atom. The zero-order chi connectivity index (χ0) is 21.3. The van der Waals surface area contributed by atoms with E-state index in [1.54, 1.807) is 0 Å². The first-order valence-corrected chi connectivity index (χ1v) is 11.5. The Balaban J connectivity index is 1.18. The largest absolute Gasteiger partial charge is 0.455 e. The topological polar surface area (TPSA) is 110 Å². The molecule has 0 radical (unpaired) electrons. The third-order valence-corrected chi connectivity index (χ3v) is 7.14. The number of aromatic nitrogens is 2. The number of esters is 1. The quantitative estimate of drug-likeness (QED) is 0.404. The molecule has 1 aromatic heterocycles. The Kier molecular flexibility index (Phi) is 5.99. The molecule has 1 aromatic rings. The molecule has 3 amide bonds. The van der Waals surface area contributed by atoms with Gasteiger partial charge in [0.05, 0.1) is 5.75 Å². The van der Waals surface area contributed by atoms with Crippen LogP contribution >= 0.6 is 11.8 Å². The van der Waals surface area contributed by atoms with Gasteiger partial charge in [-0.05, 0) is 76.2 Å². The molecular formula is C21H28N4O4S.